The number of hydrogen-bond acceptors (Lipinski definition) is 3. The molecule has 0 spiro atoms. The van der Waals surface area contributed by atoms with Gasteiger partial charge in [-0.05, 0) is 25.7 Å². The molecule has 0 N–H and O–H groups in total. The van der Waals surface area contributed by atoms with E-state index in [1.165, 1.54) is 0 Å². The summed E-state index contributed by atoms with van der Waals surface area (Å²) in [5, 5.41) is 0. The van der Waals surface area contributed by atoms with E-state index in [1.807, 2.05) is 0 Å². The highest BCUT2D eigenvalue weighted by atomic mass is 28.4. The molecule has 0 aromatic carbocycles. The minimum Gasteiger partial charge on any atom is -0.398 e. The zero-order chi connectivity index (χ0) is 8.74. The molecule has 0 atom stereocenters. The van der Waals surface area contributed by atoms with Gasteiger partial charge in [-0.25, -0.2) is 0 Å². The first kappa shape index (κ1) is 10.8. The van der Waals surface area contributed by atoms with Crippen LogP contribution in [0.3, 0.4) is 0 Å². The van der Waals surface area contributed by atoms with Crippen molar-refractivity contribution in [2.24, 2.45) is 4.99 Å². The van der Waals surface area contributed by atoms with E-state index in [1.54, 1.807) is 14.2 Å². The van der Waals surface area contributed by atoms with Gasteiger partial charge in [0, 0.05) is 20.8 Å². The predicted octanol–water partition coefficient (Wildman–Crippen LogP) is 1.44. The molecule has 0 radical (unpaired) electrons. The lowest BCUT2D eigenvalue weighted by molar-refractivity contribution is 0.249. The molecular weight excluding hydrogens is 158 g/mol. The SMILES string of the molecule is C=NCCC[Si](C)(OC)OC. The Kier molecular flexibility index (Phi) is 5.36. The van der Waals surface area contributed by atoms with Gasteiger partial charge < -0.3 is 13.8 Å². The monoisotopic (exact) mass is 175 g/mol. The molecule has 0 fully saturated rings. The van der Waals surface area contributed by atoms with Gasteiger partial charge in [0.15, 0.2) is 0 Å². The van der Waals surface area contributed by atoms with Crippen LogP contribution < -0.4 is 0 Å². The third-order valence-electron chi connectivity index (χ3n) is 1.81. The molecule has 0 saturated heterocycles. The fourth-order valence-electron chi connectivity index (χ4n) is 0.799. The Balaban J connectivity index is 3.59. The third kappa shape index (κ3) is 4.29. The van der Waals surface area contributed by atoms with Gasteiger partial charge in [0.25, 0.3) is 0 Å². The summed E-state index contributed by atoms with van der Waals surface area (Å²) in [7, 11) is 1.59. The van der Waals surface area contributed by atoms with Crippen molar-refractivity contribution in [2.75, 3.05) is 20.8 Å². The van der Waals surface area contributed by atoms with Crippen LogP contribution in [0.2, 0.25) is 12.6 Å². The van der Waals surface area contributed by atoms with Gasteiger partial charge in [0.05, 0.1) is 0 Å². The fraction of sp³-hybridized carbons (Fsp3) is 0.857. The summed E-state index contributed by atoms with van der Waals surface area (Å²) < 4.78 is 10.6. The zero-order valence-corrected chi connectivity index (χ0v) is 8.59. The summed E-state index contributed by atoms with van der Waals surface area (Å²) in [6, 6.07) is 0.985. The van der Waals surface area contributed by atoms with Crippen molar-refractivity contribution in [2.45, 2.75) is 19.0 Å². The van der Waals surface area contributed by atoms with Crippen molar-refractivity contribution in [1.29, 1.82) is 0 Å². The smallest absolute Gasteiger partial charge is 0.334 e. The third-order valence-corrected chi connectivity index (χ3v) is 4.80. The normalized spacial score (nSPS) is 11.5. The maximum Gasteiger partial charge on any atom is 0.334 e. The molecule has 0 saturated carbocycles. The number of rotatable bonds is 6. The van der Waals surface area contributed by atoms with Crippen molar-refractivity contribution in [3.05, 3.63) is 0 Å². The number of nitrogens with zero attached hydrogens (tertiary/aromatic N) is 1. The van der Waals surface area contributed by atoms with Crippen LogP contribution in [0.1, 0.15) is 6.42 Å². The highest BCUT2D eigenvalue weighted by Gasteiger charge is 2.27. The maximum atomic E-state index is 5.29. The Bertz CT molecular complexity index is 115. The van der Waals surface area contributed by atoms with Gasteiger partial charge in [0.2, 0.25) is 0 Å². The van der Waals surface area contributed by atoms with Crippen LogP contribution in [0.25, 0.3) is 0 Å². The summed E-state index contributed by atoms with van der Waals surface area (Å²) in [6.45, 7) is 6.27. The molecule has 66 valence electrons. The molecule has 11 heavy (non-hydrogen) atoms. The Morgan fingerprint density at radius 3 is 2.27 bits per heavy atom. The first-order valence-corrected chi connectivity index (χ1v) is 6.23. The number of aliphatic imine (C=N–C) groups is 1. The van der Waals surface area contributed by atoms with Crippen molar-refractivity contribution < 1.29 is 8.85 Å². The Morgan fingerprint density at radius 2 is 1.91 bits per heavy atom. The summed E-state index contributed by atoms with van der Waals surface area (Å²) in [4.78, 5) is 3.77. The van der Waals surface area contributed by atoms with Gasteiger partial charge in [-0.3, -0.25) is 0 Å². The Hall–Kier alpha value is -0.193. The Morgan fingerprint density at radius 1 is 1.36 bits per heavy atom. The second-order valence-electron chi connectivity index (χ2n) is 2.59. The molecule has 0 unspecified atom stereocenters. The van der Waals surface area contributed by atoms with Crippen LogP contribution in [0.4, 0.5) is 0 Å². The second-order valence-corrected chi connectivity index (χ2v) is 6.18. The molecular formula is C7H17NO2Si. The molecule has 0 aromatic heterocycles. The quantitative estimate of drug-likeness (QED) is 0.347. The van der Waals surface area contributed by atoms with E-state index in [4.69, 9.17) is 8.85 Å². The molecule has 0 heterocycles. The summed E-state index contributed by atoms with van der Waals surface area (Å²) in [6.07, 6.45) is 1.01. The summed E-state index contributed by atoms with van der Waals surface area (Å²) in [5.41, 5.74) is 0. The van der Waals surface area contributed by atoms with Crippen molar-refractivity contribution in [3.8, 4) is 0 Å². The predicted molar refractivity (Wildman–Crippen MR) is 49.5 cm³/mol. The molecule has 0 aromatic rings. The molecule has 4 heteroatoms. The lowest BCUT2D eigenvalue weighted by atomic mass is 10.5. The maximum absolute atomic E-state index is 5.29. The van der Waals surface area contributed by atoms with Crippen LogP contribution in [-0.2, 0) is 8.85 Å². The van der Waals surface area contributed by atoms with Gasteiger partial charge in [-0.15, -0.1) is 0 Å². The van der Waals surface area contributed by atoms with Crippen molar-refractivity contribution in [3.63, 3.8) is 0 Å². The van der Waals surface area contributed by atoms with Crippen molar-refractivity contribution >= 4 is 15.3 Å². The minimum atomic E-state index is -1.82. The van der Waals surface area contributed by atoms with Crippen molar-refractivity contribution in [1.82, 2.24) is 0 Å². The van der Waals surface area contributed by atoms with Crippen LogP contribution in [0.5, 0.6) is 0 Å². The van der Waals surface area contributed by atoms with Gasteiger partial charge in [-0.2, -0.15) is 0 Å². The summed E-state index contributed by atoms with van der Waals surface area (Å²) >= 11 is 0. The number of hydrogen-bond donors (Lipinski definition) is 0. The van der Waals surface area contributed by atoms with Gasteiger partial charge in [0.1, 0.15) is 0 Å². The van der Waals surface area contributed by atoms with Crippen LogP contribution in [-0.4, -0.2) is 36.0 Å². The molecule has 0 aliphatic carbocycles. The fourth-order valence-corrected chi connectivity index (χ4v) is 2.17. The van der Waals surface area contributed by atoms with E-state index in [0.717, 1.165) is 19.0 Å². The highest BCUT2D eigenvalue weighted by molar-refractivity contribution is 6.65. The Labute approximate surface area is 69.7 Å². The van der Waals surface area contributed by atoms with Crippen LogP contribution in [0.15, 0.2) is 4.99 Å². The van der Waals surface area contributed by atoms with Gasteiger partial charge >= 0.3 is 8.56 Å². The highest BCUT2D eigenvalue weighted by Crippen LogP contribution is 2.13. The molecule has 3 nitrogen and oxygen atoms in total. The molecule has 0 rings (SSSR count). The van der Waals surface area contributed by atoms with E-state index in [9.17, 15) is 0 Å². The van der Waals surface area contributed by atoms with E-state index < -0.39 is 8.56 Å². The average Bonchev–Trinajstić information content (AvgIpc) is 2.05. The lowest BCUT2D eigenvalue weighted by Crippen LogP contribution is -2.35. The van der Waals surface area contributed by atoms with Crippen LogP contribution >= 0.6 is 0 Å². The van der Waals surface area contributed by atoms with Gasteiger partial charge in [-0.1, -0.05) is 0 Å². The van der Waals surface area contributed by atoms with E-state index in [2.05, 4.69) is 18.3 Å². The van der Waals surface area contributed by atoms with E-state index >= 15 is 0 Å². The largest absolute Gasteiger partial charge is 0.398 e. The molecule has 0 aliphatic rings. The van der Waals surface area contributed by atoms with E-state index in [0.29, 0.717) is 0 Å². The standard InChI is InChI=1S/C7H17NO2Si/c1-8-6-5-7-11(4,9-2)10-3/h1,5-7H2,2-4H3. The molecule has 0 aliphatic heterocycles. The first-order chi connectivity index (χ1) is 5.18. The zero-order valence-electron chi connectivity index (χ0n) is 7.59. The minimum absolute atomic E-state index is 0.801. The lowest BCUT2D eigenvalue weighted by Gasteiger charge is -2.21. The van der Waals surface area contributed by atoms with Crippen LogP contribution in [0, 0.1) is 0 Å². The second kappa shape index (κ2) is 5.46. The first-order valence-electron chi connectivity index (χ1n) is 3.71. The topological polar surface area (TPSA) is 30.8 Å². The van der Waals surface area contributed by atoms with E-state index in [-0.39, 0.29) is 0 Å². The average molecular weight is 175 g/mol. The molecule has 0 amide bonds. The summed E-state index contributed by atoms with van der Waals surface area (Å²) in [5.74, 6) is 0. The molecule has 0 bridgehead atoms.